The highest BCUT2D eigenvalue weighted by Crippen LogP contribution is 2.50. The van der Waals surface area contributed by atoms with Gasteiger partial charge in [-0.2, -0.15) is 0 Å². The van der Waals surface area contributed by atoms with Gasteiger partial charge >= 0.3 is 0 Å². The molecule has 0 saturated carbocycles. The molecule has 0 atom stereocenters. The summed E-state index contributed by atoms with van der Waals surface area (Å²) in [5.74, 6) is 0. The summed E-state index contributed by atoms with van der Waals surface area (Å²) in [6.07, 6.45) is 0. The van der Waals surface area contributed by atoms with Crippen molar-refractivity contribution in [2.45, 2.75) is 0 Å². The van der Waals surface area contributed by atoms with E-state index in [-0.39, 0.29) is 0 Å². The standard InChI is InChI=1S/5C25H17N/c1-26-23-15-17-9-3-2-8-16(17)14-22(23)24-20-12-6-4-10-18(20)19-11-5-7-13-21(19)25(24)26;1-26-24-17-9-3-2-8-16(17)14-15-22(24)23-20-12-6-4-10-18(20)19-11-5-7-13-21(19)25(23)26;1-26-22-15-14-16-8-2-3-9-17(16)23(22)24-20-12-6-4-10-18(20)19-11-5-7-13-21(19)25(24)26;1-26-22-13-7-6-12-20(22)24-21-15-14-16-8-2-3-9-17(16)23(21)18-10-4-5-11-19(18)25(24)26;1-26-22-13-7-6-12-20(22)24-19-11-5-4-10-18(19)23-17-9-3-2-8-16(17)14-15-21(23)25(24)26/h5*2-15H,1H3. The SMILES string of the molecule is Cn1c2c3ccccc3ccc2c2c3ccccc3c3ccccc3c21.Cn1c2cc3ccccc3cc2c2c3ccccc3c3ccccc3c21.Cn1c2ccc3ccccc3c2c2c3ccccc3c3ccccc3c21.Cn1c2ccccc2c2c3ccc4ccccc4c3c3ccccc3c21.Cn1c2ccccc2c2c3ccccc3c3c4ccccc4ccc3c21. The zero-order valence-electron chi connectivity index (χ0n) is 72.7. The molecule has 0 aliphatic rings. The van der Waals surface area contributed by atoms with E-state index in [0.29, 0.717) is 0 Å². The van der Waals surface area contributed by atoms with Gasteiger partial charge in [0.2, 0.25) is 0 Å². The number of rotatable bonds is 0. The number of nitrogens with zero attached hydrogens (tertiary/aromatic N) is 5. The maximum Gasteiger partial charge on any atom is 0.0575 e. The van der Waals surface area contributed by atoms with Crippen molar-refractivity contribution < 1.29 is 0 Å². The Morgan fingerprint density at radius 2 is 0.346 bits per heavy atom. The lowest BCUT2D eigenvalue weighted by Gasteiger charge is -2.12. The van der Waals surface area contributed by atoms with E-state index in [9.17, 15) is 0 Å². The molecule has 30 aromatic rings. The van der Waals surface area contributed by atoms with E-state index >= 15 is 0 Å². The molecule has 0 unspecified atom stereocenters. The molecule has 5 heteroatoms. The lowest BCUT2D eigenvalue weighted by Crippen LogP contribution is -1.89. The maximum absolute atomic E-state index is 2.39. The summed E-state index contributed by atoms with van der Waals surface area (Å²) in [5.41, 5.74) is 13.1. The third kappa shape index (κ3) is 10.9. The fourth-order valence-corrected chi connectivity index (χ4v) is 23.2. The summed E-state index contributed by atoms with van der Waals surface area (Å²) in [4.78, 5) is 0. The molecule has 0 spiro atoms. The van der Waals surface area contributed by atoms with Crippen LogP contribution in [-0.2, 0) is 35.2 Å². The first-order valence-electron chi connectivity index (χ1n) is 45.2. The van der Waals surface area contributed by atoms with E-state index in [4.69, 9.17) is 0 Å². The third-order valence-electron chi connectivity index (χ3n) is 28.8. The van der Waals surface area contributed by atoms with Crippen molar-refractivity contribution in [1.82, 2.24) is 22.8 Å². The van der Waals surface area contributed by atoms with Gasteiger partial charge in [-0.15, -0.1) is 0 Å². The van der Waals surface area contributed by atoms with Crippen molar-refractivity contribution in [3.8, 4) is 0 Å². The fourth-order valence-electron chi connectivity index (χ4n) is 23.2. The van der Waals surface area contributed by atoms with Crippen LogP contribution in [-0.4, -0.2) is 22.8 Å². The lowest BCUT2D eigenvalue weighted by atomic mass is 9.93. The third-order valence-corrected chi connectivity index (χ3v) is 28.8. The van der Waals surface area contributed by atoms with E-state index in [1.807, 2.05) is 0 Å². The summed E-state index contributed by atoms with van der Waals surface area (Å²) in [7, 11) is 11.0. The summed E-state index contributed by atoms with van der Waals surface area (Å²) in [5, 5.41) is 53.2. The van der Waals surface area contributed by atoms with Crippen LogP contribution in [0.1, 0.15) is 0 Å². The molecular formula is C125H85N5. The molecule has 0 amide bonds. The van der Waals surface area contributed by atoms with Crippen LogP contribution in [0.4, 0.5) is 0 Å². The van der Waals surface area contributed by atoms with Crippen molar-refractivity contribution in [3.05, 3.63) is 425 Å². The minimum absolute atomic E-state index is 1.29. The Kier molecular flexibility index (Phi) is 16.8. The zero-order chi connectivity index (χ0) is 86.3. The van der Waals surface area contributed by atoms with Gasteiger partial charge in [0, 0.05) is 143 Å². The summed E-state index contributed by atoms with van der Waals surface area (Å²) < 4.78 is 11.8. The predicted octanol–water partition coefficient (Wildman–Crippen LogP) is 34.0. The molecule has 130 heavy (non-hydrogen) atoms. The van der Waals surface area contributed by atoms with E-state index < -0.39 is 0 Å². The normalized spacial score (nSPS) is 12.0. The largest absolute Gasteiger partial charge is 0.343 e. The maximum atomic E-state index is 2.39. The van der Waals surface area contributed by atoms with Gasteiger partial charge in [-0.05, 0) is 160 Å². The van der Waals surface area contributed by atoms with Crippen LogP contribution in [0.25, 0.3) is 271 Å². The molecule has 5 heterocycles. The van der Waals surface area contributed by atoms with Crippen molar-refractivity contribution in [2.75, 3.05) is 0 Å². The molecule has 5 nitrogen and oxygen atoms in total. The number of fused-ring (bicyclic) bond motifs is 49. The molecule has 0 aliphatic carbocycles. The fraction of sp³-hybridized carbons (Fsp3) is 0.0400. The second-order valence-electron chi connectivity index (χ2n) is 35.3. The van der Waals surface area contributed by atoms with Gasteiger partial charge < -0.3 is 22.8 Å². The summed E-state index contributed by atoms with van der Waals surface area (Å²) in [6, 6.07) is 154. The second-order valence-corrected chi connectivity index (χ2v) is 35.3. The van der Waals surface area contributed by atoms with E-state index in [2.05, 4.69) is 483 Å². The highest BCUT2D eigenvalue weighted by atomic mass is 15.0. The number of hydrogen-bond acceptors (Lipinski definition) is 0. The van der Waals surface area contributed by atoms with Gasteiger partial charge in [0.05, 0.1) is 33.1 Å². The smallest absolute Gasteiger partial charge is 0.0575 e. The first kappa shape index (κ1) is 74.8. The minimum Gasteiger partial charge on any atom is -0.343 e. The minimum atomic E-state index is 1.29. The molecule has 0 bridgehead atoms. The Balaban J connectivity index is 0.0000000856. The molecule has 0 aliphatic heterocycles. The molecule has 25 aromatic carbocycles. The second kappa shape index (κ2) is 29.2. The van der Waals surface area contributed by atoms with E-state index in [0.717, 1.165) is 0 Å². The van der Waals surface area contributed by atoms with Crippen LogP contribution in [0, 0.1) is 0 Å². The Bertz CT molecular complexity index is 9990. The zero-order valence-corrected chi connectivity index (χ0v) is 72.7. The highest BCUT2D eigenvalue weighted by molar-refractivity contribution is 6.41. The van der Waals surface area contributed by atoms with Gasteiger partial charge in [-0.3, -0.25) is 0 Å². The molecule has 0 fully saturated rings. The Morgan fingerprint density at radius 3 is 0.808 bits per heavy atom. The van der Waals surface area contributed by atoms with Crippen LogP contribution in [0.3, 0.4) is 0 Å². The first-order valence-corrected chi connectivity index (χ1v) is 45.2. The quantitative estimate of drug-likeness (QED) is 0.135. The molecular weight excluding hydrogens is 1570 g/mol. The molecule has 5 aromatic heterocycles. The van der Waals surface area contributed by atoms with Crippen molar-refractivity contribution >= 4 is 271 Å². The lowest BCUT2D eigenvalue weighted by molar-refractivity contribution is 1.02. The number of para-hydroxylation sites is 2. The van der Waals surface area contributed by atoms with Gasteiger partial charge in [0.1, 0.15) is 0 Å². The molecule has 0 radical (unpaired) electrons. The molecule has 0 N–H and O–H groups in total. The molecule has 0 saturated heterocycles. The number of benzene rings is 25. The number of aryl methyl sites for hydroxylation is 5. The average Bonchev–Trinajstić information content (AvgIpc) is 1.50. The Morgan fingerprint density at radius 1 is 0.108 bits per heavy atom. The molecule has 610 valence electrons. The summed E-state index contributed by atoms with van der Waals surface area (Å²) in [6.45, 7) is 0. The van der Waals surface area contributed by atoms with Crippen molar-refractivity contribution in [1.29, 1.82) is 0 Å². The van der Waals surface area contributed by atoms with Crippen LogP contribution in [0.2, 0.25) is 0 Å². The summed E-state index contributed by atoms with van der Waals surface area (Å²) >= 11 is 0. The topological polar surface area (TPSA) is 24.6 Å². The number of aromatic nitrogens is 5. The van der Waals surface area contributed by atoms with Crippen LogP contribution < -0.4 is 0 Å². The van der Waals surface area contributed by atoms with Crippen LogP contribution >= 0.6 is 0 Å². The van der Waals surface area contributed by atoms with Gasteiger partial charge in [0.15, 0.2) is 0 Å². The van der Waals surface area contributed by atoms with Crippen LogP contribution in [0.15, 0.2) is 425 Å². The van der Waals surface area contributed by atoms with Crippen molar-refractivity contribution in [2.24, 2.45) is 35.2 Å². The number of hydrogen-bond donors (Lipinski definition) is 0. The van der Waals surface area contributed by atoms with E-state index in [1.54, 1.807) is 0 Å². The first-order chi connectivity index (χ1) is 64.2. The monoisotopic (exact) mass is 1660 g/mol. The predicted molar refractivity (Wildman–Crippen MR) is 565 cm³/mol. The van der Waals surface area contributed by atoms with Crippen molar-refractivity contribution in [3.63, 3.8) is 0 Å². The Hall–Kier alpha value is -16.6. The van der Waals surface area contributed by atoms with E-state index in [1.165, 1.54) is 271 Å². The van der Waals surface area contributed by atoms with Gasteiger partial charge in [-0.1, -0.05) is 394 Å². The Labute approximate surface area is 748 Å². The molecule has 30 rings (SSSR count). The average molecular weight is 1660 g/mol. The van der Waals surface area contributed by atoms with Gasteiger partial charge in [0.25, 0.3) is 0 Å². The van der Waals surface area contributed by atoms with Gasteiger partial charge in [-0.25, -0.2) is 0 Å². The highest BCUT2D eigenvalue weighted by Gasteiger charge is 2.25. The van der Waals surface area contributed by atoms with Crippen LogP contribution in [0.5, 0.6) is 0 Å².